The van der Waals surface area contributed by atoms with Crippen molar-refractivity contribution >= 4 is 33.0 Å². The lowest BCUT2D eigenvalue weighted by Gasteiger charge is -2.08. The molecule has 0 aliphatic heterocycles. The number of rotatable bonds is 3. The van der Waals surface area contributed by atoms with Gasteiger partial charge in [-0.3, -0.25) is 0 Å². The fourth-order valence-corrected chi connectivity index (χ4v) is 2.81. The first kappa shape index (κ1) is 12.2. The van der Waals surface area contributed by atoms with E-state index in [9.17, 15) is 0 Å². The third-order valence-electron chi connectivity index (χ3n) is 2.49. The average molecular weight is 307 g/mol. The van der Waals surface area contributed by atoms with Crippen LogP contribution in [-0.4, -0.2) is 0 Å². The fourth-order valence-electron chi connectivity index (χ4n) is 1.60. The van der Waals surface area contributed by atoms with Crippen molar-refractivity contribution in [2.45, 2.75) is 13.5 Å². The second kappa shape index (κ2) is 5.35. The van der Waals surface area contributed by atoms with Gasteiger partial charge in [0, 0.05) is 6.54 Å². The first-order valence-electron chi connectivity index (χ1n) is 5.17. The van der Waals surface area contributed by atoms with Gasteiger partial charge in [-0.05, 0) is 51.5 Å². The normalized spacial score (nSPS) is 9.94. The second-order valence-electron chi connectivity index (χ2n) is 3.72. The molecular formula is C13H11BrN2S. The van der Waals surface area contributed by atoms with Crippen LogP contribution in [0.25, 0.3) is 0 Å². The lowest BCUT2D eigenvalue weighted by molar-refractivity contribution is 1.15. The summed E-state index contributed by atoms with van der Waals surface area (Å²) in [5, 5.41) is 14.5. The minimum absolute atomic E-state index is 0.724. The van der Waals surface area contributed by atoms with E-state index in [0.717, 1.165) is 27.1 Å². The Hall–Kier alpha value is -1.31. The van der Waals surface area contributed by atoms with Gasteiger partial charge >= 0.3 is 0 Å². The maximum Gasteiger partial charge on any atom is 0.102 e. The van der Waals surface area contributed by atoms with Crippen LogP contribution in [0.5, 0.6) is 0 Å². The molecule has 0 saturated carbocycles. The van der Waals surface area contributed by atoms with Gasteiger partial charge in [-0.1, -0.05) is 12.1 Å². The summed E-state index contributed by atoms with van der Waals surface area (Å²) < 4.78 is 1.12. The van der Waals surface area contributed by atoms with Gasteiger partial charge in [0.2, 0.25) is 0 Å². The molecule has 2 rings (SSSR count). The Balaban J connectivity index is 2.14. The molecule has 1 aromatic heterocycles. The van der Waals surface area contributed by atoms with E-state index in [1.165, 1.54) is 5.56 Å². The van der Waals surface area contributed by atoms with Crippen molar-refractivity contribution in [2.75, 3.05) is 5.32 Å². The molecule has 1 N–H and O–H groups in total. The van der Waals surface area contributed by atoms with E-state index >= 15 is 0 Å². The Morgan fingerprint density at radius 1 is 1.47 bits per heavy atom. The largest absolute Gasteiger partial charge is 0.380 e. The average Bonchev–Trinajstić information content (AvgIpc) is 2.72. The molecule has 0 atom stereocenters. The van der Waals surface area contributed by atoms with Gasteiger partial charge in [-0.25, -0.2) is 0 Å². The van der Waals surface area contributed by atoms with E-state index in [1.54, 1.807) is 11.3 Å². The number of benzene rings is 1. The molecule has 0 spiro atoms. The molecule has 0 bridgehead atoms. The van der Waals surface area contributed by atoms with Crippen LogP contribution in [0.4, 0.5) is 5.69 Å². The minimum Gasteiger partial charge on any atom is -0.380 e. The number of aryl methyl sites for hydroxylation is 1. The molecule has 1 aromatic carbocycles. The highest BCUT2D eigenvalue weighted by Crippen LogP contribution is 2.23. The number of hydrogen-bond donors (Lipinski definition) is 1. The van der Waals surface area contributed by atoms with Crippen molar-refractivity contribution in [1.29, 1.82) is 5.26 Å². The molecule has 4 heteroatoms. The number of anilines is 1. The highest BCUT2D eigenvalue weighted by atomic mass is 79.9. The van der Waals surface area contributed by atoms with Crippen LogP contribution >= 0.6 is 27.3 Å². The fraction of sp³-hybridized carbons (Fsp3) is 0.154. The zero-order valence-corrected chi connectivity index (χ0v) is 11.7. The van der Waals surface area contributed by atoms with E-state index in [0.29, 0.717) is 0 Å². The lowest BCUT2D eigenvalue weighted by Crippen LogP contribution is -2.01. The number of nitrogens with one attached hydrogen (secondary N) is 1. The Morgan fingerprint density at radius 2 is 2.29 bits per heavy atom. The van der Waals surface area contributed by atoms with Crippen molar-refractivity contribution in [3.8, 4) is 6.07 Å². The molecule has 2 nitrogen and oxygen atoms in total. The first-order chi connectivity index (χ1) is 8.20. The van der Waals surface area contributed by atoms with Gasteiger partial charge in [0.25, 0.3) is 0 Å². The summed E-state index contributed by atoms with van der Waals surface area (Å²) in [5.74, 6) is 0. The number of nitrogens with zero attached hydrogens (tertiary/aromatic N) is 1. The molecule has 0 unspecified atom stereocenters. The van der Waals surface area contributed by atoms with Gasteiger partial charge in [-0.2, -0.15) is 5.26 Å². The van der Waals surface area contributed by atoms with Crippen molar-refractivity contribution in [3.63, 3.8) is 0 Å². The summed E-state index contributed by atoms with van der Waals surface area (Å²) in [7, 11) is 0. The van der Waals surface area contributed by atoms with Crippen molar-refractivity contribution in [2.24, 2.45) is 0 Å². The van der Waals surface area contributed by atoms with E-state index < -0.39 is 0 Å². The number of nitriles is 1. The summed E-state index contributed by atoms with van der Waals surface area (Å²) in [5.41, 5.74) is 3.84. The Kier molecular flexibility index (Phi) is 3.82. The van der Waals surface area contributed by atoms with Gasteiger partial charge in [0.05, 0.1) is 15.0 Å². The number of hydrogen-bond acceptors (Lipinski definition) is 3. The van der Waals surface area contributed by atoms with Gasteiger partial charge in [0.15, 0.2) is 0 Å². The van der Waals surface area contributed by atoms with Crippen molar-refractivity contribution in [1.82, 2.24) is 0 Å². The third kappa shape index (κ3) is 2.87. The third-order valence-corrected chi connectivity index (χ3v) is 4.04. The Bertz CT molecular complexity index is 569. The maximum absolute atomic E-state index is 9.11. The molecule has 0 aliphatic rings. The SMILES string of the molecule is Cc1cccc(NCc2csc(Br)c2)c1C#N. The van der Waals surface area contributed by atoms with E-state index in [2.05, 4.69) is 38.8 Å². The van der Waals surface area contributed by atoms with Gasteiger partial charge in [-0.15, -0.1) is 11.3 Å². The number of halogens is 1. The highest BCUT2D eigenvalue weighted by molar-refractivity contribution is 9.11. The zero-order chi connectivity index (χ0) is 12.3. The van der Waals surface area contributed by atoms with Gasteiger partial charge < -0.3 is 5.32 Å². The Labute approximate surface area is 113 Å². The molecule has 0 aliphatic carbocycles. The molecule has 86 valence electrons. The zero-order valence-electron chi connectivity index (χ0n) is 9.33. The molecule has 0 amide bonds. The quantitative estimate of drug-likeness (QED) is 0.917. The minimum atomic E-state index is 0.724. The lowest BCUT2D eigenvalue weighted by atomic mass is 10.1. The molecular weight excluding hydrogens is 296 g/mol. The predicted octanol–water partition coefficient (Wildman–Crippen LogP) is 4.30. The monoisotopic (exact) mass is 306 g/mol. The topological polar surface area (TPSA) is 35.8 Å². The van der Waals surface area contributed by atoms with Crippen LogP contribution in [0.15, 0.2) is 33.4 Å². The highest BCUT2D eigenvalue weighted by Gasteiger charge is 2.04. The summed E-state index contributed by atoms with van der Waals surface area (Å²) in [6.45, 7) is 2.69. The standard InChI is InChI=1S/C13H11BrN2S/c1-9-3-2-4-12(11(9)6-15)16-7-10-5-13(14)17-8-10/h2-5,8,16H,7H2,1H3. The van der Waals surface area contributed by atoms with E-state index in [-0.39, 0.29) is 0 Å². The molecule has 1 heterocycles. The summed E-state index contributed by atoms with van der Waals surface area (Å²) in [6, 6.07) is 10.2. The number of thiophene rings is 1. The smallest absolute Gasteiger partial charge is 0.102 e. The van der Waals surface area contributed by atoms with Crippen LogP contribution in [0, 0.1) is 18.3 Å². The molecule has 17 heavy (non-hydrogen) atoms. The van der Waals surface area contributed by atoms with Crippen molar-refractivity contribution in [3.05, 3.63) is 50.1 Å². The van der Waals surface area contributed by atoms with E-state index in [1.807, 2.05) is 25.1 Å². The molecule has 0 saturated heterocycles. The van der Waals surface area contributed by atoms with Crippen LogP contribution in [-0.2, 0) is 6.54 Å². The second-order valence-corrected chi connectivity index (χ2v) is 6.01. The Morgan fingerprint density at radius 3 is 2.94 bits per heavy atom. The van der Waals surface area contributed by atoms with Crippen LogP contribution in [0.3, 0.4) is 0 Å². The van der Waals surface area contributed by atoms with Gasteiger partial charge in [0.1, 0.15) is 6.07 Å². The maximum atomic E-state index is 9.11. The predicted molar refractivity (Wildman–Crippen MR) is 75.2 cm³/mol. The van der Waals surface area contributed by atoms with Crippen LogP contribution in [0.2, 0.25) is 0 Å². The van der Waals surface area contributed by atoms with Crippen LogP contribution < -0.4 is 5.32 Å². The molecule has 2 aromatic rings. The summed E-state index contributed by atoms with van der Waals surface area (Å²) in [6.07, 6.45) is 0. The molecule has 0 fully saturated rings. The first-order valence-corrected chi connectivity index (χ1v) is 6.84. The van der Waals surface area contributed by atoms with E-state index in [4.69, 9.17) is 5.26 Å². The van der Waals surface area contributed by atoms with Crippen LogP contribution in [0.1, 0.15) is 16.7 Å². The summed E-state index contributed by atoms with van der Waals surface area (Å²) in [4.78, 5) is 0. The molecule has 0 radical (unpaired) electrons. The van der Waals surface area contributed by atoms with Crippen molar-refractivity contribution < 1.29 is 0 Å². The summed E-state index contributed by atoms with van der Waals surface area (Å²) >= 11 is 5.10.